The molecule has 0 aliphatic carbocycles. The largest absolute Gasteiger partial charge is 0.465 e. The van der Waals surface area contributed by atoms with E-state index < -0.39 is 0 Å². The molecule has 5 nitrogen and oxygen atoms in total. The van der Waals surface area contributed by atoms with Gasteiger partial charge in [-0.3, -0.25) is 9.69 Å². The molecule has 0 unspecified atom stereocenters. The molecule has 0 radical (unpaired) electrons. The average molecular weight is 309 g/mol. The van der Waals surface area contributed by atoms with E-state index in [0.29, 0.717) is 30.9 Å². The summed E-state index contributed by atoms with van der Waals surface area (Å²) in [6, 6.07) is 13.5. The number of nitriles is 1. The van der Waals surface area contributed by atoms with Crippen molar-refractivity contribution in [3.05, 3.63) is 53.5 Å². The van der Waals surface area contributed by atoms with Crippen LogP contribution in [0.2, 0.25) is 0 Å². The fraction of sp³-hybridized carbons (Fsp3) is 0.333. The van der Waals surface area contributed by atoms with Crippen molar-refractivity contribution in [2.75, 3.05) is 18.0 Å². The van der Waals surface area contributed by atoms with Crippen molar-refractivity contribution in [2.24, 2.45) is 0 Å². The maximum atomic E-state index is 12.6. The number of rotatable bonds is 3. The van der Waals surface area contributed by atoms with Crippen LogP contribution in [-0.4, -0.2) is 29.9 Å². The molecular weight excluding hydrogens is 290 g/mol. The van der Waals surface area contributed by atoms with E-state index in [0.717, 1.165) is 11.5 Å². The molecule has 1 aromatic heterocycles. The Labute approximate surface area is 135 Å². The number of piperazine rings is 1. The van der Waals surface area contributed by atoms with Gasteiger partial charge in [0.05, 0.1) is 24.3 Å². The van der Waals surface area contributed by atoms with Crippen molar-refractivity contribution in [2.45, 2.75) is 26.4 Å². The molecule has 1 saturated heterocycles. The minimum atomic E-state index is 0.00841. The van der Waals surface area contributed by atoms with E-state index in [1.165, 1.54) is 0 Å². The molecule has 1 aliphatic rings. The van der Waals surface area contributed by atoms with Crippen molar-refractivity contribution < 1.29 is 9.21 Å². The summed E-state index contributed by atoms with van der Waals surface area (Å²) in [5.41, 5.74) is 1.23. The maximum absolute atomic E-state index is 12.6. The summed E-state index contributed by atoms with van der Waals surface area (Å²) in [7, 11) is 0. The lowest BCUT2D eigenvalue weighted by Gasteiger charge is -2.39. The number of anilines is 1. The number of aryl methyl sites for hydroxylation is 1. The van der Waals surface area contributed by atoms with E-state index in [9.17, 15) is 10.1 Å². The van der Waals surface area contributed by atoms with Gasteiger partial charge in [0, 0.05) is 12.6 Å². The zero-order chi connectivity index (χ0) is 16.4. The summed E-state index contributed by atoms with van der Waals surface area (Å²) >= 11 is 0. The first-order chi connectivity index (χ1) is 11.1. The van der Waals surface area contributed by atoms with Gasteiger partial charge in [-0.05, 0) is 38.1 Å². The Balaban J connectivity index is 1.77. The third kappa shape index (κ3) is 3.13. The molecule has 1 aromatic carbocycles. The summed E-state index contributed by atoms with van der Waals surface area (Å²) in [6.45, 7) is 5.51. The number of furan rings is 1. The fourth-order valence-corrected chi connectivity index (χ4v) is 2.91. The zero-order valence-electron chi connectivity index (χ0n) is 13.3. The highest BCUT2D eigenvalue weighted by Crippen LogP contribution is 2.24. The molecule has 1 amide bonds. The lowest BCUT2D eigenvalue weighted by atomic mass is 10.1. The van der Waals surface area contributed by atoms with E-state index in [2.05, 4.69) is 17.9 Å². The lowest BCUT2D eigenvalue weighted by molar-refractivity contribution is -0.122. The topological polar surface area (TPSA) is 60.5 Å². The van der Waals surface area contributed by atoms with Gasteiger partial charge in [-0.15, -0.1) is 0 Å². The van der Waals surface area contributed by atoms with E-state index in [1.54, 1.807) is 11.0 Å². The molecule has 0 bridgehead atoms. The Morgan fingerprint density at radius 3 is 2.78 bits per heavy atom. The van der Waals surface area contributed by atoms with Crippen LogP contribution in [0.1, 0.15) is 24.0 Å². The highest BCUT2D eigenvalue weighted by atomic mass is 16.3. The minimum Gasteiger partial charge on any atom is -0.465 e. The van der Waals surface area contributed by atoms with Crippen LogP contribution in [0.5, 0.6) is 0 Å². The van der Waals surface area contributed by atoms with Crippen LogP contribution in [0.15, 0.2) is 40.8 Å². The van der Waals surface area contributed by atoms with Gasteiger partial charge >= 0.3 is 0 Å². The van der Waals surface area contributed by atoms with Gasteiger partial charge in [0.15, 0.2) is 0 Å². The van der Waals surface area contributed by atoms with Crippen molar-refractivity contribution in [1.29, 1.82) is 5.26 Å². The van der Waals surface area contributed by atoms with Gasteiger partial charge in [-0.1, -0.05) is 12.1 Å². The van der Waals surface area contributed by atoms with Crippen LogP contribution in [-0.2, 0) is 11.3 Å². The number of nitrogens with zero attached hydrogens (tertiary/aromatic N) is 3. The number of carbonyl (C=O) groups is 1. The summed E-state index contributed by atoms with van der Waals surface area (Å²) in [5, 5.41) is 9.24. The van der Waals surface area contributed by atoms with Gasteiger partial charge in [0.1, 0.15) is 17.6 Å². The van der Waals surface area contributed by atoms with Gasteiger partial charge in [0.2, 0.25) is 5.91 Å². The van der Waals surface area contributed by atoms with Crippen LogP contribution in [0.25, 0.3) is 0 Å². The standard InChI is InChI=1S/C18H19N3O2/c1-13-10-21(17-6-4-3-5-15(17)9-19)18(22)12-20(13)11-16-8-7-14(2)23-16/h3-8,13H,10-12H2,1-2H3/t13-/m0/s1. The Bertz CT molecular complexity index is 760. The first kappa shape index (κ1) is 15.3. The van der Waals surface area contributed by atoms with Gasteiger partial charge in [0.25, 0.3) is 0 Å². The fourth-order valence-electron chi connectivity index (χ4n) is 2.91. The third-order valence-electron chi connectivity index (χ3n) is 4.18. The molecule has 23 heavy (non-hydrogen) atoms. The minimum absolute atomic E-state index is 0.00841. The van der Waals surface area contributed by atoms with E-state index in [4.69, 9.17) is 4.42 Å². The predicted octanol–water partition coefficient (Wildman–Crippen LogP) is 2.70. The molecule has 1 fully saturated rings. The molecular formula is C18H19N3O2. The first-order valence-electron chi connectivity index (χ1n) is 7.67. The third-order valence-corrected chi connectivity index (χ3v) is 4.18. The Kier molecular flexibility index (Phi) is 4.18. The van der Waals surface area contributed by atoms with Crippen LogP contribution < -0.4 is 4.90 Å². The maximum Gasteiger partial charge on any atom is 0.241 e. The quantitative estimate of drug-likeness (QED) is 0.874. The lowest BCUT2D eigenvalue weighted by Crippen LogP contribution is -2.55. The molecule has 2 heterocycles. The highest BCUT2D eigenvalue weighted by Gasteiger charge is 2.31. The Hall–Kier alpha value is -2.58. The van der Waals surface area contributed by atoms with Crippen LogP contribution in [0, 0.1) is 18.3 Å². The first-order valence-corrected chi connectivity index (χ1v) is 7.67. The summed E-state index contributed by atoms with van der Waals surface area (Å²) in [5.74, 6) is 1.75. The second-order valence-electron chi connectivity index (χ2n) is 5.90. The van der Waals surface area contributed by atoms with Crippen molar-refractivity contribution >= 4 is 11.6 Å². The number of benzene rings is 1. The van der Waals surface area contributed by atoms with Crippen LogP contribution in [0.3, 0.4) is 0 Å². The molecule has 2 aromatic rings. The van der Waals surface area contributed by atoms with Gasteiger partial charge in [-0.25, -0.2) is 0 Å². The molecule has 0 saturated carbocycles. The Morgan fingerprint density at radius 1 is 1.30 bits per heavy atom. The molecule has 5 heteroatoms. The number of hydrogen-bond acceptors (Lipinski definition) is 4. The number of amides is 1. The van der Waals surface area contributed by atoms with Gasteiger partial charge in [-0.2, -0.15) is 5.26 Å². The SMILES string of the molecule is Cc1ccc(CN2CC(=O)N(c3ccccc3C#N)C[C@@H]2C)o1. The normalized spacial score (nSPS) is 18.9. The predicted molar refractivity (Wildman–Crippen MR) is 86.8 cm³/mol. The van der Waals surface area contributed by atoms with Crippen LogP contribution in [0.4, 0.5) is 5.69 Å². The molecule has 1 atom stereocenters. The van der Waals surface area contributed by atoms with Gasteiger partial charge < -0.3 is 9.32 Å². The molecule has 0 N–H and O–H groups in total. The summed E-state index contributed by atoms with van der Waals surface area (Å²) in [6.07, 6.45) is 0. The molecule has 3 rings (SSSR count). The zero-order valence-corrected chi connectivity index (χ0v) is 13.3. The average Bonchev–Trinajstić information content (AvgIpc) is 2.95. The smallest absolute Gasteiger partial charge is 0.241 e. The number of para-hydroxylation sites is 1. The van der Waals surface area contributed by atoms with Crippen molar-refractivity contribution in [3.63, 3.8) is 0 Å². The molecule has 1 aliphatic heterocycles. The second kappa shape index (κ2) is 6.27. The summed E-state index contributed by atoms with van der Waals surface area (Å²) < 4.78 is 5.61. The van der Waals surface area contributed by atoms with Crippen LogP contribution >= 0.6 is 0 Å². The van der Waals surface area contributed by atoms with Crippen molar-refractivity contribution in [3.8, 4) is 6.07 Å². The molecule has 0 spiro atoms. The second-order valence-corrected chi connectivity index (χ2v) is 5.90. The number of hydrogen-bond donors (Lipinski definition) is 0. The highest BCUT2D eigenvalue weighted by molar-refractivity contribution is 5.96. The number of carbonyl (C=O) groups excluding carboxylic acids is 1. The van der Waals surface area contributed by atoms with Crippen molar-refractivity contribution in [1.82, 2.24) is 4.90 Å². The monoisotopic (exact) mass is 309 g/mol. The van der Waals surface area contributed by atoms with E-state index >= 15 is 0 Å². The molecule has 118 valence electrons. The Morgan fingerprint density at radius 2 is 2.09 bits per heavy atom. The summed E-state index contributed by atoms with van der Waals surface area (Å²) in [4.78, 5) is 16.4. The van der Waals surface area contributed by atoms with E-state index in [-0.39, 0.29) is 11.9 Å². The van der Waals surface area contributed by atoms with E-state index in [1.807, 2.05) is 37.3 Å².